The van der Waals surface area contributed by atoms with Crippen molar-refractivity contribution >= 4 is 12.0 Å². The number of aliphatic carboxylic acids is 1. The number of carbonyl (C=O) groups is 2. The smallest absolute Gasteiger partial charge is 0.323 e. The Morgan fingerprint density at radius 2 is 1.94 bits per heavy atom. The number of ether oxygens (including phenoxy) is 1. The van der Waals surface area contributed by atoms with Gasteiger partial charge in [0.2, 0.25) is 0 Å². The van der Waals surface area contributed by atoms with Gasteiger partial charge in [-0.05, 0) is 13.0 Å². The summed E-state index contributed by atoms with van der Waals surface area (Å²) in [5, 5.41) is 13.2. The van der Waals surface area contributed by atoms with Crippen molar-refractivity contribution in [3.8, 4) is 0 Å². The molecule has 0 atom stereocenters. The van der Waals surface area contributed by atoms with Crippen LogP contribution in [0.4, 0.5) is 4.79 Å². The molecule has 1 saturated heterocycles. The molecule has 1 fully saturated rings. The van der Waals surface area contributed by atoms with Gasteiger partial charge in [-0.3, -0.25) is 9.69 Å². The summed E-state index contributed by atoms with van der Waals surface area (Å²) < 4.78 is 5.22. The Morgan fingerprint density at radius 3 is 2.59 bits per heavy atom. The average molecular weight is 245 g/mol. The van der Waals surface area contributed by atoms with Crippen molar-refractivity contribution in [2.75, 3.05) is 45.9 Å². The Kier molecular flexibility index (Phi) is 6.34. The van der Waals surface area contributed by atoms with Gasteiger partial charge in [-0.25, -0.2) is 4.79 Å². The van der Waals surface area contributed by atoms with E-state index in [1.807, 2.05) is 0 Å². The first-order chi connectivity index (χ1) is 8.18. The highest BCUT2D eigenvalue weighted by Crippen LogP contribution is 1.97. The average Bonchev–Trinajstić information content (AvgIpc) is 2.33. The molecule has 1 rings (SSSR count). The van der Waals surface area contributed by atoms with Gasteiger partial charge in [0.25, 0.3) is 0 Å². The third kappa shape index (κ3) is 6.75. The van der Waals surface area contributed by atoms with E-state index in [0.717, 1.165) is 39.3 Å². The van der Waals surface area contributed by atoms with Crippen molar-refractivity contribution in [3.05, 3.63) is 0 Å². The molecular weight excluding hydrogens is 226 g/mol. The number of carbonyl (C=O) groups excluding carboxylic acids is 1. The standard InChI is InChI=1S/C10H19N3O4/c14-9(15)8-12-10(16)11-2-1-3-13-4-6-17-7-5-13/h1-8H2,(H,14,15)(H2,11,12,16). The van der Waals surface area contributed by atoms with Crippen LogP contribution in [0.15, 0.2) is 0 Å². The highest BCUT2D eigenvalue weighted by molar-refractivity contribution is 5.79. The number of urea groups is 1. The van der Waals surface area contributed by atoms with Crippen LogP contribution in [0.25, 0.3) is 0 Å². The molecule has 0 spiro atoms. The van der Waals surface area contributed by atoms with Gasteiger partial charge >= 0.3 is 12.0 Å². The zero-order chi connectivity index (χ0) is 12.5. The molecule has 1 aliphatic heterocycles. The zero-order valence-electron chi connectivity index (χ0n) is 9.78. The van der Waals surface area contributed by atoms with Gasteiger partial charge in [0.1, 0.15) is 6.54 Å². The number of amides is 2. The van der Waals surface area contributed by atoms with Crippen molar-refractivity contribution in [1.82, 2.24) is 15.5 Å². The van der Waals surface area contributed by atoms with E-state index in [1.165, 1.54) is 0 Å². The van der Waals surface area contributed by atoms with Gasteiger partial charge in [-0.15, -0.1) is 0 Å². The number of carboxylic acid groups (broad SMARTS) is 1. The van der Waals surface area contributed by atoms with Crippen LogP contribution in [0, 0.1) is 0 Å². The molecule has 1 aliphatic rings. The molecule has 0 aliphatic carbocycles. The van der Waals surface area contributed by atoms with E-state index in [2.05, 4.69) is 15.5 Å². The summed E-state index contributed by atoms with van der Waals surface area (Å²) in [5.74, 6) is -1.05. The third-order valence-corrected chi connectivity index (χ3v) is 2.44. The lowest BCUT2D eigenvalue weighted by atomic mass is 10.3. The molecule has 0 aromatic heterocycles. The minimum absolute atomic E-state index is 0.352. The van der Waals surface area contributed by atoms with Crippen molar-refractivity contribution in [2.24, 2.45) is 0 Å². The lowest BCUT2D eigenvalue weighted by molar-refractivity contribution is -0.135. The lowest BCUT2D eigenvalue weighted by Gasteiger charge is -2.26. The maximum absolute atomic E-state index is 11.1. The Balaban J connectivity index is 1.95. The van der Waals surface area contributed by atoms with E-state index >= 15 is 0 Å². The lowest BCUT2D eigenvalue weighted by Crippen LogP contribution is -2.41. The third-order valence-electron chi connectivity index (χ3n) is 2.44. The van der Waals surface area contributed by atoms with E-state index in [0.29, 0.717) is 6.54 Å². The van der Waals surface area contributed by atoms with Crippen LogP contribution in [-0.2, 0) is 9.53 Å². The first kappa shape index (κ1) is 13.7. The van der Waals surface area contributed by atoms with Crippen LogP contribution in [-0.4, -0.2) is 67.9 Å². The predicted molar refractivity (Wildman–Crippen MR) is 60.9 cm³/mol. The topological polar surface area (TPSA) is 90.9 Å². The summed E-state index contributed by atoms with van der Waals surface area (Å²) in [6, 6.07) is -0.436. The van der Waals surface area contributed by atoms with Crippen LogP contribution in [0.2, 0.25) is 0 Å². The van der Waals surface area contributed by atoms with Crippen LogP contribution in [0.5, 0.6) is 0 Å². The summed E-state index contributed by atoms with van der Waals surface area (Å²) in [7, 11) is 0. The minimum Gasteiger partial charge on any atom is -0.480 e. The second-order valence-corrected chi connectivity index (χ2v) is 3.81. The maximum atomic E-state index is 11.1. The van der Waals surface area contributed by atoms with Crippen LogP contribution < -0.4 is 10.6 Å². The summed E-state index contributed by atoms with van der Waals surface area (Å²) in [5.41, 5.74) is 0. The van der Waals surface area contributed by atoms with Gasteiger partial charge in [0.05, 0.1) is 13.2 Å². The fraction of sp³-hybridized carbons (Fsp3) is 0.800. The fourth-order valence-electron chi connectivity index (χ4n) is 1.55. The van der Waals surface area contributed by atoms with E-state index in [9.17, 15) is 9.59 Å². The SMILES string of the molecule is O=C(O)CNC(=O)NCCCN1CCOCC1. The number of nitrogens with zero attached hydrogens (tertiary/aromatic N) is 1. The summed E-state index contributed by atoms with van der Waals surface area (Å²) in [4.78, 5) is 23.5. The van der Waals surface area contributed by atoms with Crippen LogP contribution >= 0.6 is 0 Å². The number of nitrogens with one attached hydrogen (secondary N) is 2. The van der Waals surface area contributed by atoms with E-state index in [-0.39, 0.29) is 6.54 Å². The molecule has 0 aromatic carbocycles. The number of rotatable bonds is 6. The Labute approximate surface area is 100 Å². The zero-order valence-corrected chi connectivity index (χ0v) is 9.78. The predicted octanol–water partition coefficient (Wildman–Crippen LogP) is -0.907. The molecule has 1 heterocycles. The monoisotopic (exact) mass is 245 g/mol. The Morgan fingerprint density at radius 1 is 1.24 bits per heavy atom. The molecule has 17 heavy (non-hydrogen) atoms. The molecule has 0 aromatic rings. The van der Waals surface area contributed by atoms with Crippen LogP contribution in [0.3, 0.4) is 0 Å². The molecule has 3 N–H and O–H groups in total. The first-order valence-corrected chi connectivity index (χ1v) is 5.72. The summed E-state index contributed by atoms with van der Waals surface area (Å²) >= 11 is 0. The van der Waals surface area contributed by atoms with Crippen molar-refractivity contribution in [3.63, 3.8) is 0 Å². The number of morpholine rings is 1. The van der Waals surface area contributed by atoms with Gasteiger partial charge < -0.3 is 20.5 Å². The van der Waals surface area contributed by atoms with E-state index < -0.39 is 12.0 Å². The first-order valence-electron chi connectivity index (χ1n) is 5.72. The van der Waals surface area contributed by atoms with Crippen molar-refractivity contribution < 1.29 is 19.4 Å². The Hall–Kier alpha value is -1.34. The largest absolute Gasteiger partial charge is 0.480 e. The van der Waals surface area contributed by atoms with E-state index in [4.69, 9.17) is 9.84 Å². The fourth-order valence-corrected chi connectivity index (χ4v) is 1.55. The quantitative estimate of drug-likeness (QED) is 0.527. The highest BCUT2D eigenvalue weighted by Gasteiger charge is 2.09. The number of carboxylic acids is 1. The van der Waals surface area contributed by atoms with Crippen LogP contribution in [0.1, 0.15) is 6.42 Å². The van der Waals surface area contributed by atoms with Gasteiger partial charge in [-0.2, -0.15) is 0 Å². The molecule has 0 bridgehead atoms. The molecular formula is C10H19N3O4. The highest BCUT2D eigenvalue weighted by atomic mass is 16.5. The summed E-state index contributed by atoms with van der Waals surface area (Å²) in [6.45, 7) is 4.52. The Bertz CT molecular complexity index is 254. The van der Waals surface area contributed by atoms with Gasteiger partial charge in [0, 0.05) is 19.6 Å². The normalized spacial score (nSPS) is 16.5. The molecule has 7 heteroatoms. The molecule has 0 saturated carbocycles. The minimum atomic E-state index is -1.05. The van der Waals surface area contributed by atoms with Crippen molar-refractivity contribution in [1.29, 1.82) is 0 Å². The summed E-state index contributed by atoms with van der Waals surface area (Å²) in [6.07, 6.45) is 0.848. The molecule has 98 valence electrons. The van der Waals surface area contributed by atoms with Gasteiger partial charge in [0.15, 0.2) is 0 Å². The van der Waals surface area contributed by atoms with E-state index in [1.54, 1.807) is 0 Å². The molecule has 0 radical (unpaired) electrons. The van der Waals surface area contributed by atoms with Crippen molar-refractivity contribution in [2.45, 2.75) is 6.42 Å². The second kappa shape index (κ2) is 7.86. The molecule has 0 unspecified atom stereocenters. The maximum Gasteiger partial charge on any atom is 0.323 e. The van der Waals surface area contributed by atoms with Gasteiger partial charge in [-0.1, -0.05) is 0 Å². The second-order valence-electron chi connectivity index (χ2n) is 3.81. The number of hydrogen-bond acceptors (Lipinski definition) is 4. The molecule has 2 amide bonds. The number of hydrogen-bond donors (Lipinski definition) is 3. The molecule has 7 nitrogen and oxygen atoms in total.